The molecule has 2 aliphatic rings. The summed E-state index contributed by atoms with van der Waals surface area (Å²) in [6.07, 6.45) is 2.60. The summed E-state index contributed by atoms with van der Waals surface area (Å²) in [7, 11) is 0. The molecule has 1 aliphatic heterocycles. The zero-order valence-corrected chi connectivity index (χ0v) is 15.8. The molecule has 3 aromatic carbocycles. The average molecular weight is 384 g/mol. The highest BCUT2D eigenvalue weighted by Crippen LogP contribution is 2.44. The summed E-state index contributed by atoms with van der Waals surface area (Å²) < 4.78 is 14.0. The molecular weight excluding hydrogens is 363 g/mol. The third-order valence-corrected chi connectivity index (χ3v) is 5.77. The van der Waals surface area contributed by atoms with Crippen LogP contribution >= 0.6 is 0 Å². The van der Waals surface area contributed by atoms with Gasteiger partial charge in [-0.15, -0.1) is 0 Å². The van der Waals surface area contributed by atoms with Gasteiger partial charge in [-0.05, 0) is 35.4 Å². The molecule has 0 spiro atoms. The molecule has 2 N–H and O–H groups in total. The van der Waals surface area contributed by atoms with E-state index in [1.54, 1.807) is 6.07 Å². The molecule has 0 fully saturated rings. The third-order valence-electron chi connectivity index (χ3n) is 5.77. The Hall–Kier alpha value is -3.40. The van der Waals surface area contributed by atoms with Gasteiger partial charge in [0, 0.05) is 18.0 Å². The number of Topliss-reactive ketones (excluding diaryl/α,β-unsaturated/α-hetero) is 1. The minimum Gasteiger partial charge on any atom is -0.375 e. The van der Waals surface area contributed by atoms with Crippen molar-refractivity contribution in [3.63, 3.8) is 0 Å². The van der Waals surface area contributed by atoms with E-state index in [1.165, 1.54) is 12.1 Å². The molecule has 0 aromatic heterocycles. The number of allylic oxidation sites excluding steroid dienone is 1. The molecule has 5 rings (SSSR count). The largest absolute Gasteiger partial charge is 0.375 e. The predicted molar refractivity (Wildman–Crippen MR) is 113 cm³/mol. The van der Waals surface area contributed by atoms with E-state index in [0.717, 1.165) is 28.2 Å². The van der Waals surface area contributed by atoms with Gasteiger partial charge in [0.15, 0.2) is 0 Å². The number of benzene rings is 3. The van der Waals surface area contributed by atoms with Gasteiger partial charge in [0.05, 0.1) is 23.3 Å². The Labute approximate surface area is 169 Å². The highest BCUT2D eigenvalue weighted by atomic mass is 19.1. The molecular formula is C25H21FN2O. The zero-order chi connectivity index (χ0) is 19.8. The fraction of sp³-hybridized carbons (Fsp3) is 0.160. The molecule has 29 heavy (non-hydrogen) atoms. The van der Waals surface area contributed by atoms with E-state index in [9.17, 15) is 9.18 Å². The van der Waals surface area contributed by atoms with Crippen molar-refractivity contribution >= 4 is 17.2 Å². The Kier molecular flexibility index (Phi) is 4.39. The van der Waals surface area contributed by atoms with Crippen molar-refractivity contribution in [1.29, 1.82) is 0 Å². The first-order valence-corrected chi connectivity index (χ1v) is 9.86. The van der Waals surface area contributed by atoms with E-state index in [-0.39, 0.29) is 23.6 Å². The maximum absolute atomic E-state index is 14.0. The number of carbonyl (C=O) groups is 1. The van der Waals surface area contributed by atoms with Crippen LogP contribution in [0.2, 0.25) is 0 Å². The summed E-state index contributed by atoms with van der Waals surface area (Å²) in [4.78, 5) is 13.4. The molecule has 0 bridgehead atoms. The first-order valence-electron chi connectivity index (χ1n) is 9.86. The van der Waals surface area contributed by atoms with Crippen LogP contribution in [0.25, 0.3) is 0 Å². The van der Waals surface area contributed by atoms with E-state index in [0.29, 0.717) is 6.42 Å². The Balaban J connectivity index is 1.64. The van der Waals surface area contributed by atoms with Crippen molar-refractivity contribution < 1.29 is 9.18 Å². The Morgan fingerprint density at radius 2 is 1.55 bits per heavy atom. The van der Waals surface area contributed by atoms with Crippen LogP contribution in [-0.4, -0.2) is 5.78 Å². The lowest BCUT2D eigenvalue weighted by atomic mass is 9.76. The van der Waals surface area contributed by atoms with Crippen molar-refractivity contribution in [2.24, 2.45) is 5.92 Å². The SMILES string of the molecule is O=C1CC(c2ccccc2)C=C2Nc3ccccc3NC(c3cccc(F)c3)C12. The first kappa shape index (κ1) is 17.7. The number of hydrogen-bond donors (Lipinski definition) is 2. The number of nitrogens with one attached hydrogen (secondary N) is 2. The summed E-state index contributed by atoms with van der Waals surface area (Å²) in [5, 5.41) is 6.99. The molecule has 1 heterocycles. The molecule has 3 atom stereocenters. The molecule has 3 nitrogen and oxygen atoms in total. The van der Waals surface area contributed by atoms with Gasteiger partial charge in [-0.2, -0.15) is 0 Å². The molecule has 0 radical (unpaired) electrons. The molecule has 0 saturated heterocycles. The Bertz CT molecular complexity index is 1090. The number of ketones is 1. The predicted octanol–water partition coefficient (Wildman–Crippen LogP) is 5.66. The highest BCUT2D eigenvalue weighted by Gasteiger charge is 2.39. The average Bonchev–Trinajstić information content (AvgIpc) is 2.91. The van der Waals surface area contributed by atoms with E-state index >= 15 is 0 Å². The Morgan fingerprint density at radius 1 is 0.828 bits per heavy atom. The van der Waals surface area contributed by atoms with Crippen LogP contribution in [-0.2, 0) is 4.79 Å². The lowest BCUT2D eigenvalue weighted by Crippen LogP contribution is -2.33. The van der Waals surface area contributed by atoms with Crippen molar-refractivity contribution in [3.8, 4) is 0 Å². The molecule has 4 heteroatoms. The summed E-state index contributed by atoms with van der Waals surface area (Å²) in [6.45, 7) is 0. The van der Waals surface area contributed by atoms with Gasteiger partial charge in [-0.3, -0.25) is 4.79 Å². The molecule has 0 saturated carbocycles. The first-order chi connectivity index (χ1) is 14.2. The summed E-state index contributed by atoms with van der Waals surface area (Å²) >= 11 is 0. The van der Waals surface area contributed by atoms with Crippen molar-refractivity contribution in [2.45, 2.75) is 18.4 Å². The van der Waals surface area contributed by atoms with Gasteiger partial charge in [-0.1, -0.05) is 60.7 Å². The van der Waals surface area contributed by atoms with Crippen LogP contribution in [0.4, 0.5) is 15.8 Å². The fourth-order valence-corrected chi connectivity index (χ4v) is 4.40. The number of hydrogen-bond acceptors (Lipinski definition) is 3. The van der Waals surface area contributed by atoms with Gasteiger partial charge in [0.25, 0.3) is 0 Å². The molecule has 3 aromatic rings. The van der Waals surface area contributed by atoms with Crippen LogP contribution in [0, 0.1) is 11.7 Å². The summed E-state index contributed by atoms with van der Waals surface area (Å²) in [6, 6.07) is 24.2. The smallest absolute Gasteiger partial charge is 0.145 e. The normalized spacial score (nSPS) is 23.0. The lowest BCUT2D eigenvalue weighted by molar-refractivity contribution is -0.122. The lowest BCUT2D eigenvalue weighted by Gasteiger charge is -2.32. The summed E-state index contributed by atoms with van der Waals surface area (Å²) in [5.41, 5.74) is 4.60. The maximum Gasteiger partial charge on any atom is 0.145 e. The number of carbonyl (C=O) groups excluding carboxylic acids is 1. The second-order valence-corrected chi connectivity index (χ2v) is 7.63. The molecule has 1 aliphatic carbocycles. The quantitative estimate of drug-likeness (QED) is 0.599. The van der Waals surface area contributed by atoms with Gasteiger partial charge < -0.3 is 10.6 Å². The van der Waals surface area contributed by atoms with Crippen LogP contribution in [0.1, 0.15) is 29.5 Å². The molecule has 144 valence electrons. The summed E-state index contributed by atoms with van der Waals surface area (Å²) in [5.74, 6) is -0.519. The number of fused-ring (bicyclic) bond motifs is 2. The zero-order valence-electron chi connectivity index (χ0n) is 15.8. The minimum absolute atomic E-state index is 0.0286. The number of anilines is 2. The molecule has 3 unspecified atom stereocenters. The van der Waals surface area contributed by atoms with Gasteiger partial charge >= 0.3 is 0 Å². The van der Waals surface area contributed by atoms with Crippen LogP contribution in [0.3, 0.4) is 0 Å². The second-order valence-electron chi connectivity index (χ2n) is 7.63. The van der Waals surface area contributed by atoms with Crippen LogP contribution in [0.5, 0.6) is 0 Å². The minimum atomic E-state index is -0.399. The van der Waals surface area contributed by atoms with Crippen molar-refractivity contribution in [3.05, 3.63) is 108 Å². The van der Waals surface area contributed by atoms with Crippen LogP contribution in [0.15, 0.2) is 90.6 Å². The number of para-hydroxylation sites is 2. The third kappa shape index (κ3) is 3.31. The topological polar surface area (TPSA) is 41.1 Å². The number of rotatable bonds is 2. The fourth-order valence-electron chi connectivity index (χ4n) is 4.40. The van der Waals surface area contributed by atoms with Crippen LogP contribution < -0.4 is 10.6 Å². The van der Waals surface area contributed by atoms with Gasteiger partial charge in [0.2, 0.25) is 0 Å². The second kappa shape index (κ2) is 7.21. The van der Waals surface area contributed by atoms with Gasteiger partial charge in [-0.25, -0.2) is 4.39 Å². The van der Waals surface area contributed by atoms with E-state index in [2.05, 4.69) is 28.8 Å². The number of halogens is 1. The highest BCUT2D eigenvalue weighted by molar-refractivity contribution is 5.90. The standard InChI is InChI=1S/C25H21FN2O/c26-19-10-6-9-17(13-19)25-24-22(27-20-11-4-5-12-21(20)28-25)14-18(15-23(24)29)16-7-2-1-3-8-16/h1-14,18,24-25,27-28H,15H2. The van der Waals surface area contributed by atoms with E-state index in [1.807, 2.05) is 48.5 Å². The monoisotopic (exact) mass is 384 g/mol. The van der Waals surface area contributed by atoms with E-state index < -0.39 is 5.92 Å². The van der Waals surface area contributed by atoms with E-state index in [4.69, 9.17) is 0 Å². The maximum atomic E-state index is 14.0. The van der Waals surface area contributed by atoms with Crippen molar-refractivity contribution in [2.75, 3.05) is 10.6 Å². The van der Waals surface area contributed by atoms with Gasteiger partial charge in [0.1, 0.15) is 11.6 Å². The van der Waals surface area contributed by atoms with Crippen molar-refractivity contribution in [1.82, 2.24) is 0 Å². The molecule has 0 amide bonds. The Morgan fingerprint density at radius 3 is 2.34 bits per heavy atom.